The van der Waals surface area contributed by atoms with E-state index in [1.54, 1.807) is 13.2 Å². The lowest BCUT2D eigenvalue weighted by atomic mass is 10.4. The van der Waals surface area contributed by atoms with Crippen LogP contribution in [0.1, 0.15) is 17.0 Å². The summed E-state index contributed by atoms with van der Waals surface area (Å²) in [5, 5.41) is 11.6. The molecule has 1 heterocycles. The number of anilines is 1. The molecule has 0 spiro atoms. The first kappa shape index (κ1) is 11.4. The Morgan fingerprint density at radius 1 is 1.67 bits per heavy atom. The van der Waals surface area contributed by atoms with Crippen LogP contribution in [-0.2, 0) is 4.74 Å². The van der Waals surface area contributed by atoms with E-state index in [9.17, 15) is 4.79 Å². The lowest BCUT2D eigenvalue weighted by molar-refractivity contribution is 0.0683. The normalized spacial score (nSPS) is 9.93. The SMILES string of the molecule is COCCCNc1ccnc(C(=O)O)n1. The molecule has 0 atom stereocenters. The third-order valence-electron chi connectivity index (χ3n) is 1.68. The van der Waals surface area contributed by atoms with Crippen LogP contribution in [0.2, 0.25) is 0 Å². The van der Waals surface area contributed by atoms with Crippen LogP contribution in [0.5, 0.6) is 0 Å². The number of carboxylic acids is 1. The quantitative estimate of drug-likeness (QED) is 0.671. The van der Waals surface area contributed by atoms with Gasteiger partial charge in [-0.2, -0.15) is 0 Å². The fraction of sp³-hybridized carbons (Fsp3) is 0.444. The van der Waals surface area contributed by atoms with Crippen molar-refractivity contribution in [3.63, 3.8) is 0 Å². The Hall–Kier alpha value is -1.69. The number of ether oxygens (including phenoxy) is 1. The number of nitrogens with zero attached hydrogens (tertiary/aromatic N) is 2. The first-order valence-corrected chi connectivity index (χ1v) is 4.53. The van der Waals surface area contributed by atoms with E-state index in [1.807, 2.05) is 0 Å². The van der Waals surface area contributed by atoms with Gasteiger partial charge in [0, 0.05) is 26.5 Å². The van der Waals surface area contributed by atoms with E-state index in [2.05, 4.69) is 15.3 Å². The summed E-state index contributed by atoms with van der Waals surface area (Å²) in [4.78, 5) is 18.0. The van der Waals surface area contributed by atoms with Gasteiger partial charge in [0.15, 0.2) is 0 Å². The Balaban J connectivity index is 2.47. The van der Waals surface area contributed by atoms with Crippen molar-refractivity contribution in [2.24, 2.45) is 0 Å². The molecule has 2 N–H and O–H groups in total. The fourth-order valence-electron chi connectivity index (χ4n) is 0.993. The van der Waals surface area contributed by atoms with Crippen molar-refractivity contribution < 1.29 is 14.6 Å². The Bertz CT molecular complexity index is 330. The Labute approximate surface area is 87.3 Å². The van der Waals surface area contributed by atoms with E-state index in [0.717, 1.165) is 6.42 Å². The van der Waals surface area contributed by atoms with Crippen LogP contribution in [0.4, 0.5) is 5.82 Å². The number of aromatic carboxylic acids is 1. The zero-order valence-electron chi connectivity index (χ0n) is 8.43. The van der Waals surface area contributed by atoms with Crippen molar-refractivity contribution in [2.75, 3.05) is 25.6 Å². The second-order valence-corrected chi connectivity index (χ2v) is 2.84. The van der Waals surface area contributed by atoms with E-state index in [0.29, 0.717) is 19.0 Å². The number of carbonyl (C=O) groups is 1. The molecule has 0 amide bonds. The van der Waals surface area contributed by atoms with E-state index < -0.39 is 5.97 Å². The molecule has 6 heteroatoms. The topological polar surface area (TPSA) is 84.3 Å². The van der Waals surface area contributed by atoms with Gasteiger partial charge in [-0.3, -0.25) is 0 Å². The van der Waals surface area contributed by atoms with Crippen LogP contribution < -0.4 is 5.32 Å². The summed E-state index contributed by atoms with van der Waals surface area (Å²) in [6.07, 6.45) is 2.25. The number of rotatable bonds is 6. The molecule has 82 valence electrons. The summed E-state index contributed by atoms with van der Waals surface area (Å²) in [5.41, 5.74) is 0. The van der Waals surface area contributed by atoms with Crippen LogP contribution in [0.3, 0.4) is 0 Å². The van der Waals surface area contributed by atoms with Gasteiger partial charge in [0.25, 0.3) is 0 Å². The average molecular weight is 211 g/mol. The number of hydrogen-bond donors (Lipinski definition) is 2. The molecule has 15 heavy (non-hydrogen) atoms. The molecule has 0 aromatic carbocycles. The van der Waals surface area contributed by atoms with E-state index >= 15 is 0 Å². The fourth-order valence-corrected chi connectivity index (χ4v) is 0.993. The van der Waals surface area contributed by atoms with Crippen molar-refractivity contribution >= 4 is 11.8 Å². The second-order valence-electron chi connectivity index (χ2n) is 2.84. The molecule has 1 aromatic heterocycles. The highest BCUT2D eigenvalue weighted by atomic mass is 16.5. The molecule has 0 fully saturated rings. The molecule has 0 radical (unpaired) electrons. The van der Waals surface area contributed by atoms with Gasteiger partial charge < -0.3 is 15.2 Å². The first-order chi connectivity index (χ1) is 7.24. The van der Waals surface area contributed by atoms with Gasteiger partial charge in [-0.15, -0.1) is 0 Å². The maximum Gasteiger partial charge on any atom is 0.374 e. The first-order valence-electron chi connectivity index (χ1n) is 4.53. The monoisotopic (exact) mass is 211 g/mol. The van der Waals surface area contributed by atoms with Gasteiger partial charge >= 0.3 is 5.97 Å². The molecular formula is C9H13N3O3. The molecule has 0 aliphatic carbocycles. The predicted molar refractivity (Wildman–Crippen MR) is 54.0 cm³/mol. The highest BCUT2D eigenvalue weighted by molar-refractivity contribution is 5.83. The number of carboxylic acid groups (broad SMARTS) is 1. The number of aromatic nitrogens is 2. The summed E-state index contributed by atoms with van der Waals surface area (Å²) in [5.74, 6) is -0.819. The molecule has 0 aliphatic heterocycles. The van der Waals surface area contributed by atoms with Gasteiger partial charge in [-0.1, -0.05) is 0 Å². The van der Waals surface area contributed by atoms with Gasteiger partial charge in [0.1, 0.15) is 5.82 Å². The minimum Gasteiger partial charge on any atom is -0.475 e. The van der Waals surface area contributed by atoms with Crippen molar-refractivity contribution in [3.8, 4) is 0 Å². The Morgan fingerprint density at radius 3 is 3.13 bits per heavy atom. The molecular weight excluding hydrogens is 198 g/mol. The molecule has 0 aliphatic rings. The second kappa shape index (κ2) is 5.92. The van der Waals surface area contributed by atoms with E-state index in [1.165, 1.54) is 6.20 Å². The average Bonchev–Trinajstić information content (AvgIpc) is 2.25. The third-order valence-corrected chi connectivity index (χ3v) is 1.68. The van der Waals surface area contributed by atoms with Gasteiger partial charge in [-0.25, -0.2) is 14.8 Å². The lowest BCUT2D eigenvalue weighted by Crippen LogP contribution is -2.09. The van der Waals surface area contributed by atoms with Gasteiger partial charge in [0.05, 0.1) is 0 Å². The predicted octanol–water partition coefficient (Wildman–Crippen LogP) is 0.623. The Morgan fingerprint density at radius 2 is 2.47 bits per heavy atom. The van der Waals surface area contributed by atoms with Gasteiger partial charge in [-0.05, 0) is 12.5 Å². The number of nitrogens with one attached hydrogen (secondary N) is 1. The zero-order valence-corrected chi connectivity index (χ0v) is 8.43. The standard InChI is InChI=1S/C9H13N3O3/c1-15-6-2-4-10-7-3-5-11-8(12-7)9(13)14/h3,5H,2,4,6H2,1H3,(H,13,14)(H,10,11,12). The maximum absolute atomic E-state index is 10.6. The molecule has 0 unspecified atom stereocenters. The smallest absolute Gasteiger partial charge is 0.374 e. The lowest BCUT2D eigenvalue weighted by Gasteiger charge is -2.04. The van der Waals surface area contributed by atoms with Crippen LogP contribution in [0, 0.1) is 0 Å². The van der Waals surface area contributed by atoms with Crippen LogP contribution in [-0.4, -0.2) is 41.3 Å². The number of methoxy groups -OCH3 is 1. The molecule has 0 saturated heterocycles. The van der Waals surface area contributed by atoms with Gasteiger partial charge in [0.2, 0.25) is 5.82 Å². The molecule has 1 aromatic rings. The van der Waals surface area contributed by atoms with Crippen molar-refractivity contribution in [1.29, 1.82) is 0 Å². The van der Waals surface area contributed by atoms with Crippen LogP contribution in [0.25, 0.3) is 0 Å². The van der Waals surface area contributed by atoms with Crippen molar-refractivity contribution in [3.05, 3.63) is 18.1 Å². The summed E-state index contributed by atoms with van der Waals surface area (Å²) in [6, 6.07) is 1.62. The van der Waals surface area contributed by atoms with Crippen molar-refractivity contribution in [1.82, 2.24) is 9.97 Å². The van der Waals surface area contributed by atoms with Crippen LogP contribution >= 0.6 is 0 Å². The maximum atomic E-state index is 10.6. The van der Waals surface area contributed by atoms with Crippen LogP contribution in [0.15, 0.2) is 12.3 Å². The minimum absolute atomic E-state index is 0.202. The third kappa shape index (κ3) is 3.90. The molecule has 1 rings (SSSR count). The molecule has 0 bridgehead atoms. The van der Waals surface area contributed by atoms with Crippen molar-refractivity contribution in [2.45, 2.75) is 6.42 Å². The molecule has 6 nitrogen and oxygen atoms in total. The summed E-state index contributed by atoms with van der Waals surface area (Å²) < 4.78 is 4.87. The van der Waals surface area contributed by atoms with E-state index in [-0.39, 0.29) is 5.82 Å². The number of hydrogen-bond acceptors (Lipinski definition) is 5. The Kier molecular flexibility index (Phi) is 4.49. The highest BCUT2D eigenvalue weighted by Crippen LogP contribution is 2.01. The molecule has 0 saturated carbocycles. The summed E-state index contributed by atoms with van der Waals surface area (Å²) in [7, 11) is 1.63. The highest BCUT2D eigenvalue weighted by Gasteiger charge is 2.06. The summed E-state index contributed by atoms with van der Waals surface area (Å²) in [6.45, 7) is 1.34. The zero-order chi connectivity index (χ0) is 11.1. The van der Waals surface area contributed by atoms with E-state index in [4.69, 9.17) is 9.84 Å². The summed E-state index contributed by atoms with van der Waals surface area (Å²) >= 11 is 0. The minimum atomic E-state index is -1.13. The largest absolute Gasteiger partial charge is 0.475 e.